The molecule has 1 aliphatic heterocycles. The number of hydrogen-bond donors (Lipinski definition) is 2. The molecule has 106 valence electrons. The standard InChI is InChI=1S/C15H23NO3/c1-2-6-13-9-14(17)10-16(13)15(18)19-11-12-7-4-3-5-8-12/h3-5,7-8,13-15,17-18H,2,6,9-11H2,1H3. The lowest BCUT2D eigenvalue weighted by Crippen LogP contribution is -2.41. The Bertz CT molecular complexity index is 371. The van der Waals surface area contributed by atoms with Gasteiger partial charge in [-0.1, -0.05) is 43.7 Å². The minimum Gasteiger partial charge on any atom is -0.392 e. The predicted molar refractivity (Wildman–Crippen MR) is 73.3 cm³/mol. The first kappa shape index (κ1) is 14.5. The minimum absolute atomic E-state index is 0.214. The predicted octanol–water partition coefficient (Wildman–Crippen LogP) is 1.71. The van der Waals surface area contributed by atoms with Crippen LogP contribution in [-0.4, -0.2) is 40.2 Å². The molecule has 19 heavy (non-hydrogen) atoms. The van der Waals surface area contributed by atoms with Gasteiger partial charge in [0.2, 0.25) is 6.41 Å². The summed E-state index contributed by atoms with van der Waals surface area (Å²) in [6.45, 7) is 2.98. The van der Waals surface area contributed by atoms with Gasteiger partial charge in [0.05, 0.1) is 12.7 Å². The summed E-state index contributed by atoms with van der Waals surface area (Å²) in [5, 5.41) is 19.8. The van der Waals surface area contributed by atoms with Gasteiger partial charge in [0, 0.05) is 12.6 Å². The second-order valence-corrected chi connectivity index (χ2v) is 5.15. The Balaban J connectivity index is 1.86. The summed E-state index contributed by atoms with van der Waals surface area (Å²) >= 11 is 0. The Hall–Kier alpha value is -0.940. The second kappa shape index (κ2) is 7.01. The van der Waals surface area contributed by atoms with E-state index in [9.17, 15) is 10.2 Å². The summed E-state index contributed by atoms with van der Waals surface area (Å²) in [4.78, 5) is 1.86. The van der Waals surface area contributed by atoms with E-state index in [1.807, 2.05) is 35.2 Å². The molecule has 0 aliphatic carbocycles. The maximum atomic E-state index is 10.1. The Kier molecular flexibility index (Phi) is 5.34. The normalized spacial score (nSPS) is 25.6. The highest BCUT2D eigenvalue weighted by atomic mass is 16.6. The van der Waals surface area contributed by atoms with E-state index in [1.54, 1.807) is 0 Å². The summed E-state index contributed by atoms with van der Waals surface area (Å²) < 4.78 is 5.51. The lowest BCUT2D eigenvalue weighted by atomic mass is 10.1. The number of rotatable bonds is 6. The quantitative estimate of drug-likeness (QED) is 0.769. The van der Waals surface area contributed by atoms with Crippen LogP contribution in [0.5, 0.6) is 0 Å². The van der Waals surface area contributed by atoms with Crippen molar-refractivity contribution in [2.24, 2.45) is 0 Å². The third-order valence-corrected chi connectivity index (χ3v) is 3.58. The number of ether oxygens (including phenoxy) is 1. The van der Waals surface area contributed by atoms with Crippen LogP contribution in [0.4, 0.5) is 0 Å². The summed E-state index contributed by atoms with van der Waals surface area (Å²) in [6.07, 6.45) is 1.45. The average Bonchev–Trinajstić information content (AvgIpc) is 2.79. The first-order chi connectivity index (χ1) is 9.20. The number of β-amino-alcohol motifs (C(OH)–C–C–N with tert-alkyl or cyclic N) is 1. The zero-order valence-electron chi connectivity index (χ0n) is 11.4. The van der Waals surface area contributed by atoms with Crippen molar-refractivity contribution in [3.05, 3.63) is 35.9 Å². The van der Waals surface area contributed by atoms with Gasteiger partial charge < -0.3 is 14.9 Å². The maximum absolute atomic E-state index is 10.1. The van der Waals surface area contributed by atoms with Gasteiger partial charge >= 0.3 is 0 Å². The molecule has 2 N–H and O–H groups in total. The molecule has 2 rings (SSSR count). The molecule has 4 nitrogen and oxygen atoms in total. The van der Waals surface area contributed by atoms with Crippen molar-refractivity contribution in [2.75, 3.05) is 6.54 Å². The smallest absolute Gasteiger partial charge is 0.216 e. The van der Waals surface area contributed by atoms with E-state index in [0.717, 1.165) is 24.8 Å². The average molecular weight is 265 g/mol. The van der Waals surface area contributed by atoms with Crippen LogP contribution in [0.15, 0.2) is 30.3 Å². The van der Waals surface area contributed by atoms with Crippen molar-refractivity contribution in [2.45, 2.75) is 51.4 Å². The summed E-state index contributed by atoms with van der Waals surface area (Å²) in [5.41, 5.74) is 1.04. The first-order valence-electron chi connectivity index (χ1n) is 6.98. The molecule has 4 heteroatoms. The fourth-order valence-electron chi connectivity index (χ4n) is 2.64. The van der Waals surface area contributed by atoms with Gasteiger partial charge in [-0.2, -0.15) is 0 Å². The maximum Gasteiger partial charge on any atom is 0.216 e. The van der Waals surface area contributed by atoms with E-state index >= 15 is 0 Å². The Labute approximate surface area is 114 Å². The van der Waals surface area contributed by atoms with Gasteiger partial charge in [-0.05, 0) is 18.4 Å². The van der Waals surface area contributed by atoms with E-state index in [4.69, 9.17) is 4.74 Å². The number of likely N-dealkylation sites (tertiary alicyclic amines) is 1. The molecule has 1 heterocycles. The van der Waals surface area contributed by atoms with Crippen molar-refractivity contribution < 1.29 is 14.9 Å². The molecule has 0 saturated carbocycles. The molecule has 1 aliphatic rings. The molecular formula is C15H23NO3. The highest BCUT2D eigenvalue weighted by Gasteiger charge is 2.34. The van der Waals surface area contributed by atoms with Crippen molar-refractivity contribution in [3.8, 4) is 0 Å². The Morgan fingerprint density at radius 3 is 2.79 bits per heavy atom. The Morgan fingerprint density at radius 1 is 1.37 bits per heavy atom. The van der Waals surface area contributed by atoms with Crippen LogP contribution < -0.4 is 0 Å². The monoisotopic (exact) mass is 265 g/mol. The molecule has 0 bridgehead atoms. The molecule has 0 aromatic heterocycles. The van der Waals surface area contributed by atoms with Crippen molar-refractivity contribution in [3.63, 3.8) is 0 Å². The molecule has 3 atom stereocenters. The van der Waals surface area contributed by atoms with Gasteiger partial charge in [-0.3, -0.25) is 0 Å². The fourth-order valence-corrected chi connectivity index (χ4v) is 2.64. The lowest BCUT2D eigenvalue weighted by molar-refractivity contribution is -0.205. The largest absolute Gasteiger partial charge is 0.392 e. The number of benzene rings is 1. The molecular weight excluding hydrogens is 242 g/mol. The van der Waals surface area contributed by atoms with E-state index in [0.29, 0.717) is 13.2 Å². The van der Waals surface area contributed by atoms with Crippen LogP contribution >= 0.6 is 0 Å². The molecule has 1 aromatic rings. The third-order valence-electron chi connectivity index (χ3n) is 3.58. The van der Waals surface area contributed by atoms with E-state index < -0.39 is 6.41 Å². The van der Waals surface area contributed by atoms with Crippen LogP contribution in [0.25, 0.3) is 0 Å². The molecule has 0 spiro atoms. The van der Waals surface area contributed by atoms with Crippen molar-refractivity contribution >= 4 is 0 Å². The highest BCUT2D eigenvalue weighted by molar-refractivity contribution is 5.13. The Morgan fingerprint density at radius 2 is 2.11 bits per heavy atom. The van der Waals surface area contributed by atoms with Gasteiger partial charge in [-0.15, -0.1) is 0 Å². The third kappa shape index (κ3) is 4.01. The molecule has 0 radical (unpaired) electrons. The molecule has 1 saturated heterocycles. The zero-order valence-corrected chi connectivity index (χ0v) is 11.4. The first-order valence-corrected chi connectivity index (χ1v) is 6.98. The van der Waals surface area contributed by atoms with Gasteiger partial charge in [0.25, 0.3) is 0 Å². The lowest BCUT2D eigenvalue weighted by Gasteiger charge is -2.28. The van der Waals surface area contributed by atoms with Crippen LogP contribution in [0, 0.1) is 0 Å². The summed E-state index contributed by atoms with van der Waals surface area (Å²) in [5.74, 6) is 0. The highest BCUT2D eigenvalue weighted by Crippen LogP contribution is 2.24. The van der Waals surface area contributed by atoms with Gasteiger partial charge in [0.1, 0.15) is 0 Å². The van der Waals surface area contributed by atoms with E-state index in [-0.39, 0.29) is 12.1 Å². The van der Waals surface area contributed by atoms with Crippen LogP contribution in [0.1, 0.15) is 31.7 Å². The second-order valence-electron chi connectivity index (χ2n) is 5.15. The van der Waals surface area contributed by atoms with Crippen LogP contribution in [-0.2, 0) is 11.3 Å². The van der Waals surface area contributed by atoms with Crippen LogP contribution in [0.3, 0.4) is 0 Å². The summed E-state index contributed by atoms with van der Waals surface area (Å²) in [6, 6.07) is 10.00. The van der Waals surface area contributed by atoms with Crippen LogP contribution in [0.2, 0.25) is 0 Å². The number of nitrogens with zero attached hydrogens (tertiary/aromatic N) is 1. The fraction of sp³-hybridized carbons (Fsp3) is 0.600. The van der Waals surface area contributed by atoms with E-state index in [1.165, 1.54) is 0 Å². The van der Waals surface area contributed by atoms with Crippen molar-refractivity contribution in [1.82, 2.24) is 4.90 Å². The topological polar surface area (TPSA) is 52.9 Å². The van der Waals surface area contributed by atoms with Gasteiger partial charge in [0.15, 0.2) is 0 Å². The number of aliphatic hydroxyl groups excluding tert-OH is 2. The molecule has 1 fully saturated rings. The zero-order chi connectivity index (χ0) is 13.7. The van der Waals surface area contributed by atoms with E-state index in [2.05, 4.69) is 6.92 Å². The minimum atomic E-state index is -0.936. The van der Waals surface area contributed by atoms with Gasteiger partial charge in [-0.25, -0.2) is 4.90 Å². The number of aliphatic hydroxyl groups is 2. The number of hydrogen-bond acceptors (Lipinski definition) is 4. The van der Waals surface area contributed by atoms with Crippen molar-refractivity contribution in [1.29, 1.82) is 0 Å². The molecule has 0 amide bonds. The summed E-state index contributed by atoms with van der Waals surface area (Å²) in [7, 11) is 0. The SMILES string of the molecule is CCCC1CC(O)CN1C(O)OCc1ccccc1. The molecule has 1 aromatic carbocycles. The molecule has 3 unspecified atom stereocenters.